The largest absolute Gasteiger partial charge is 0.295 e. The topological polar surface area (TPSA) is 101 Å². The quantitative estimate of drug-likeness (QED) is 0.530. The summed E-state index contributed by atoms with van der Waals surface area (Å²) in [6.07, 6.45) is 3.39. The van der Waals surface area contributed by atoms with Crippen molar-refractivity contribution in [2.75, 3.05) is 4.72 Å². The van der Waals surface area contributed by atoms with E-state index in [1.807, 2.05) is 0 Å². The Kier molecular flexibility index (Phi) is 5.90. The van der Waals surface area contributed by atoms with Crippen molar-refractivity contribution in [3.8, 4) is 0 Å². The van der Waals surface area contributed by atoms with Gasteiger partial charge in [0.1, 0.15) is 0 Å². The highest BCUT2D eigenvalue weighted by Crippen LogP contribution is 2.38. The Morgan fingerprint density at radius 3 is 2.31 bits per heavy atom. The number of carbonyl (C=O) groups is 3. The highest BCUT2D eigenvalue weighted by atomic mass is 32.2. The second kappa shape index (κ2) is 8.50. The second-order valence-electron chi connectivity index (χ2n) is 8.60. The third kappa shape index (κ3) is 4.19. The lowest BCUT2D eigenvalue weighted by Gasteiger charge is -2.19. The zero-order valence-corrected chi connectivity index (χ0v) is 18.9. The summed E-state index contributed by atoms with van der Waals surface area (Å²) in [5, 5.41) is 0. The molecule has 0 radical (unpaired) electrons. The number of carbonyl (C=O) groups excluding carboxylic acids is 3. The number of ketones is 1. The third-order valence-corrected chi connectivity index (χ3v) is 7.86. The molecule has 1 aliphatic carbocycles. The number of likely N-dealkylation sites (tertiary alicyclic amines) is 1. The number of Topliss-reactive ketones (excluding diaryl/α,β-unsaturated/α-hetero) is 1. The van der Waals surface area contributed by atoms with Gasteiger partial charge in [0.15, 0.2) is 5.78 Å². The highest BCUT2D eigenvalue weighted by molar-refractivity contribution is 7.92. The summed E-state index contributed by atoms with van der Waals surface area (Å²) >= 11 is 0. The highest BCUT2D eigenvalue weighted by Gasteiger charge is 2.47. The van der Waals surface area contributed by atoms with Crippen molar-refractivity contribution in [3.05, 3.63) is 59.2 Å². The number of anilines is 1. The molecule has 2 fully saturated rings. The third-order valence-electron chi connectivity index (χ3n) is 6.34. The lowest BCUT2D eigenvalue weighted by atomic mass is 9.81. The Bertz CT molecular complexity index is 1180. The molecule has 0 bridgehead atoms. The molecule has 1 N–H and O–H groups in total. The van der Waals surface area contributed by atoms with Gasteiger partial charge in [-0.05, 0) is 56.0 Å². The fraction of sp³-hybridized carbons (Fsp3) is 0.375. The number of nitrogens with one attached hydrogen (secondary N) is 1. The number of amides is 2. The van der Waals surface area contributed by atoms with Crippen LogP contribution in [0, 0.1) is 18.8 Å². The summed E-state index contributed by atoms with van der Waals surface area (Å²) in [4.78, 5) is 38.5. The number of hydrogen-bond acceptors (Lipinski definition) is 5. The Hall–Kier alpha value is -3.00. The van der Waals surface area contributed by atoms with E-state index in [0.717, 1.165) is 25.7 Å². The van der Waals surface area contributed by atoms with Gasteiger partial charge in [-0.1, -0.05) is 37.1 Å². The zero-order valence-electron chi connectivity index (χ0n) is 18.1. The van der Waals surface area contributed by atoms with Crippen LogP contribution in [-0.4, -0.2) is 30.9 Å². The number of benzene rings is 2. The Morgan fingerprint density at radius 1 is 1.03 bits per heavy atom. The Morgan fingerprint density at radius 2 is 1.69 bits per heavy atom. The fourth-order valence-corrected chi connectivity index (χ4v) is 5.96. The van der Waals surface area contributed by atoms with Crippen LogP contribution in [0.15, 0.2) is 47.4 Å². The number of rotatable bonds is 6. The van der Waals surface area contributed by atoms with E-state index < -0.39 is 10.0 Å². The molecule has 0 aromatic heterocycles. The van der Waals surface area contributed by atoms with Crippen LogP contribution in [0.2, 0.25) is 0 Å². The average Bonchev–Trinajstić information content (AvgIpc) is 3.00. The first kappa shape index (κ1) is 22.2. The van der Waals surface area contributed by atoms with Crippen molar-refractivity contribution in [1.82, 2.24) is 4.90 Å². The van der Waals surface area contributed by atoms with E-state index >= 15 is 0 Å². The predicted molar refractivity (Wildman–Crippen MR) is 119 cm³/mol. The van der Waals surface area contributed by atoms with Gasteiger partial charge in [-0.25, -0.2) is 8.42 Å². The summed E-state index contributed by atoms with van der Waals surface area (Å²) in [5.74, 6) is -0.933. The number of hydrogen-bond donors (Lipinski definition) is 1. The Labute approximate surface area is 187 Å². The first-order valence-corrected chi connectivity index (χ1v) is 12.2. The molecule has 7 nitrogen and oxygen atoms in total. The maximum atomic E-state index is 13.1. The molecule has 1 aliphatic heterocycles. The molecular formula is C24H26N2O5S. The predicted octanol–water partition coefficient (Wildman–Crippen LogP) is 3.67. The normalized spacial score (nSPS) is 20.9. The molecule has 2 atom stereocenters. The number of sulfonamides is 1. The monoisotopic (exact) mass is 454 g/mol. The SMILES string of the molecule is CC(=O)c1cccc(NS(=O)(=O)c2cc(CN3C(=O)[C@H]4CCCC[C@@H]4C3=O)ccc2C)c1. The molecular weight excluding hydrogens is 428 g/mol. The molecule has 1 saturated heterocycles. The number of aryl methyl sites for hydroxylation is 1. The molecule has 0 unspecified atom stereocenters. The summed E-state index contributed by atoms with van der Waals surface area (Å²) in [6.45, 7) is 3.16. The molecule has 2 aromatic rings. The van der Waals surface area contributed by atoms with E-state index in [4.69, 9.17) is 0 Å². The summed E-state index contributed by atoms with van der Waals surface area (Å²) in [5.41, 5.74) is 1.81. The number of fused-ring (bicyclic) bond motifs is 1. The summed E-state index contributed by atoms with van der Waals surface area (Å²) in [7, 11) is -3.94. The van der Waals surface area contributed by atoms with E-state index in [9.17, 15) is 22.8 Å². The van der Waals surface area contributed by atoms with Crippen molar-refractivity contribution in [3.63, 3.8) is 0 Å². The lowest BCUT2D eigenvalue weighted by Crippen LogP contribution is -2.30. The van der Waals surface area contributed by atoms with E-state index in [2.05, 4.69) is 4.72 Å². The number of imide groups is 1. The van der Waals surface area contributed by atoms with Gasteiger partial charge < -0.3 is 0 Å². The van der Waals surface area contributed by atoms with Gasteiger partial charge in [-0.3, -0.25) is 24.0 Å². The molecule has 168 valence electrons. The van der Waals surface area contributed by atoms with Crippen LogP contribution in [0.25, 0.3) is 0 Å². The van der Waals surface area contributed by atoms with Crippen LogP contribution < -0.4 is 4.72 Å². The molecule has 4 rings (SSSR count). The van der Waals surface area contributed by atoms with Gasteiger partial charge in [-0.2, -0.15) is 0 Å². The fourth-order valence-electron chi connectivity index (χ4n) is 4.61. The summed E-state index contributed by atoms with van der Waals surface area (Å²) in [6, 6.07) is 11.2. The first-order chi connectivity index (χ1) is 15.2. The van der Waals surface area contributed by atoms with E-state index in [-0.39, 0.29) is 46.6 Å². The van der Waals surface area contributed by atoms with Gasteiger partial charge in [-0.15, -0.1) is 0 Å². The smallest absolute Gasteiger partial charge is 0.262 e. The maximum absolute atomic E-state index is 13.1. The van der Waals surface area contributed by atoms with Crippen molar-refractivity contribution in [2.24, 2.45) is 11.8 Å². The van der Waals surface area contributed by atoms with Gasteiger partial charge in [0, 0.05) is 11.3 Å². The van der Waals surface area contributed by atoms with Crippen LogP contribution in [0.4, 0.5) is 5.69 Å². The van der Waals surface area contributed by atoms with Crippen molar-refractivity contribution >= 4 is 33.3 Å². The molecule has 8 heteroatoms. The van der Waals surface area contributed by atoms with Crippen molar-refractivity contribution < 1.29 is 22.8 Å². The van der Waals surface area contributed by atoms with Gasteiger partial charge in [0.2, 0.25) is 11.8 Å². The summed E-state index contributed by atoms with van der Waals surface area (Å²) < 4.78 is 28.7. The van der Waals surface area contributed by atoms with Crippen LogP contribution in [-0.2, 0) is 26.2 Å². The molecule has 0 spiro atoms. The van der Waals surface area contributed by atoms with E-state index in [1.54, 1.807) is 37.3 Å². The number of nitrogens with zero attached hydrogens (tertiary/aromatic N) is 1. The average molecular weight is 455 g/mol. The standard InChI is InChI=1S/C24H26N2O5S/c1-15-10-11-17(14-26-23(28)20-8-3-4-9-21(20)24(26)29)12-22(15)32(30,31)25-19-7-5-6-18(13-19)16(2)27/h5-7,10-13,20-21,25H,3-4,8-9,14H2,1-2H3/t20-,21-/m0/s1. The minimum absolute atomic E-state index is 0.0628. The molecule has 2 amide bonds. The van der Waals surface area contributed by atoms with Crippen LogP contribution in [0.3, 0.4) is 0 Å². The van der Waals surface area contributed by atoms with Gasteiger partial charge >= 0.3 is 0 Å². The lowest BCUT2D eigenvalue weighted by molar-refractivity contribution is -0.140. The van der Waals surface area contributed by atoms with Gasteiger partial charge in [0.25, 0.3) is 10.0 Å². The first-order valence-electron chi connectivity index (χ1n) is 10.8. The van der Waals surface area contributed by atoms with Crippen LogP contribution in [0.5, 0.6) is 0 Å². The van der Waals surface area contributed by atoms with Gasteiger partial charge in [0.05, 0.1) is 23.3 Å². The van der Waals surface area contributed by atoms with E-state index in [0.29, 0.717) is 16.7 Å². The van der Waals surface area contributed by atoms with Crippen molar-refractivity contribution in [1.29, 1.82) is 0 Å². The van der Waals surface area contributed by atoms with Crippen LogP contribution >= 0.6 is 0 Å². The molecule has 1 saturated carbocycles. The minimum Gasteiger partial charge on any atom is -0.295 e. The minimum atomic E-state index is -3.94. The van der Waals surface area contributed by atoms with Crippen LogP contribution in [0.1, 0.15) is 54.1 Å². The molecule has 2 aliphatic rings. The molecule has 2 aromatic carbocycles. The molecule has 32 heavy (non-hydrogen) atoms. The van der Waals surface area contributed by atoms with E-state index in [1.165, 1.54) is 24.0 Å². The zero-order chi connectivity index (χ0) is 23.0. The molecule has 1 heterocycles. The second-order valence-corrected chi connectivity index (χ2v) is 10.3. The maximum Gasteiger partial charge on any atom is 0.262 e. The van der Waals surface area contributed by atoms with Crippen molar-refractivity contribution in [2.45, 2.75) is 51.0 Å². The Balaban J connectivity index is 1.59.